The topological polar surface area (TPSA) is 20.3 Å². The van der Waals surface area contributed by atoms with Gasteiger partial charge in [0.2, 0.25) is 5.91 Å². The van der Waals surface area contributed by atoms with Gasteiger partial charge in [0.1, 0.15) is 0 Å². The molecule has 0 aliphatic heterocycles. The van der Waals surface area contributed by atoms with Crippen LogP contribution in [0.3, 0.4) is 0 Å². The fraction of sp³-hybridized carbons (Fsp3) is 0.562. The SMILES string of the molecule is O=C(Cc1ccccc1)N(CCBr)C1CCCCC1. The van der Waals surface area contributed by atoms with E-state index in [2.05, 4.69) is 20.8 Å². The first kappa shape index (κ1) is 14.6. The second-order valence-corrected chi connectivity index (χ2v) is 6.02. The van der Waals surface area contributed by atoms with Crippen LogP contribution in [0, 0.1) is 0 Å². The lowest BCUT2D eigenvalue weighted by molar-refractivity contribution is -0.133. The summed E-state index contributed by atoms with van der Waals surface area (Å²) in [6.45, 7) is 0.830. The summed E-state index contributed by atoms with van der Waals surface area (Å²) in [5, 5.41) is 0.865. The number of alkyl halides is 1. The molecule has 0 unspecified atom stereocenters. The highest BCUT2D eigenvalue weighted by molar-refractivity contribution is 9.09. The molecule has 1 aliphatic carbocycles. The summed E-state index contributed by atoms with van der Waals surface area (Å²) >= 11 is 3.48. The van der Waals surface area contributed by atoms with Gasteiger partial charge in [-0.15, -0.1) is 0 Å². The van der Waals surface area contributed by atoms with Gasteiger partial charge < -0.3 is 4.90 Å². The summed E-state index contributed by atoms with van der Waals surface area (Å²) < 4.78 is 0. The highest BCUT2D eigenvalue weighted by Crippen LogP contribution is 2.23. The van der Waals surface area contributed by atoms with Crippen LogP contribution in [0.4, 0.5) is 0 Å². The third kappa shape index (κ3) is 4.34. The fourth-order valence-electron chi connectivity index (χ4n) is 2.87. The number of hydrogen-bond acceptors (Lipinski definition) is 1. The molecule has 1 fully saturated rings. The van der Waals surface area contributed by atoms with Gasteiger partial charge in [-0.25, -0.2) is 0 Å². The van der Waals surface area contributed by atoms with Crippen molar-refractivity contribution in [1.82, 2.24) is 4.90 Å². The van der Waals surface area contributed by atoms with Crippen LogP contribution in [-0.4, -0.2) is 28.7 Å². The maximum atomic E-state index is 12.5. The van der Waals surface area contributed by atoms with E-state index in [-0.39, 0.29) is 5.91 Å². The molecule has 1 saturated carbocycles. The molecule has 0 atom stereocenters. The van der Waals surface area contributed by atoms with E-state index in [4.69, 9.17) is 0 Å². The third-order valence-corrected chi connectivity index (χ3v) is 4.21. The molecule has 0 bridgehead atoms. The van der Waals surface area contributed by atoms with E-state index in [0.717, 1.165) is 17.4 Å². The Hall–Kier alpha value is -0.830. The average molecular weight is 324 g/mol. The summed E-state index contributed by atoms with van der Waals surface area (Å²) in [5.41, 5.74) is 1.11. The van der Waals surface area contributed by atoms with E-state index in [0.29, 0.717) is 12.5 Å². The lowest BCUT2D eigenvalue weighted by Crippen LogP contribution is -2.43. The van der Waals surface area contributed by atoms with Gasteiger partial charge in [-0.3, -0.25) is 4.79 Å². The molecule has 104 valence electrons. The lowest BCUT2D eigenvalue weighted by atomic mass is 9.94. The highest BCUT2D eigenvalue weighted by atomic mass is 79.9. The van der Waals surface area contributed by atoms with Crippen molar-refractivity contribution in [1.29, 1.82) is 0 Å². The Morgan fingerprint density at radius 2 is 1.84 bits per heavy atom. The molecule has 0 radical (unpaired) electrons. The second-order valence-electron chi connectivity index (χ2n) is 5.23. The fourth-order valence-corrected chi connectivity index (χ4v) is 3.25. The van der Waals surface area contributed by atoms with Gasteiger partial charge in [0, 0.05) is 17.9 Å². The predicted octanol–water partition coefficient (Wildman–Crippen LogP) is 3.79. The van der Waals surface area contributed by atoms with Gasteiger partial charge >= 0.3 is 0 Å². The minimum Gasteiger partial charge on any atom is -0.339 e. The summed E-state index contributed by atoms with van der Waals surface area (Å²) in [5.74, 6) is 0.276. The highest BCUT2D eigenvalue weighted by Gasteiger charge is 2.24. The number of hydrogen-bond donors (Lipinski definition) is 0. The Labute approximate surface area is 124 Å². The van der Waals surface area contributed by atoms with Crippen LogP contribution in [0.1, 0.15) is 37.7 Å². The Balaban J connectivity index is 1.99. The van der Waals surface area contributed by atoms with Gasteiger partial charge in [-0.2, -0.15) is 0 Å². The van der Waals surface area contributed by atoms with E-state index in [1.807, 2.05) is 30.3 Å². The maximum Gasteiger partial charge on any atom is 0.227 e. The minimum atomic E-state index is 0.276. The summed E-state index contributed by atoms with van der Waals surface area (Å²) in [4.78, 5) is 14.6. The van der Waals surface area contributed by atoms with Crippen molar-refractivity contribution in [3.63, 3.8) is 0 Å². The molecule has 0 aromatic heterocycles. The molecule has 19 heavy (non-hydrogen) atoms. The van der Waals surface area contributed by atoms with Crippen LogP contribution in [-0.2, 0) is 11.2 Å². The van der Waals surface area contributed by atoms with Crippen molar-refractivity contribution in [3.05, 3.63) is 35.9 Å². The maximum absolute atomic E-state index is 12.5. The van der Waals surface area contributed by atoms with E-state index in [1.165, 1.54) is 32.1 Å². The molecular weight excluding hydrogens is 302 g/mol. The summed E-state index contributed by atoms with van der Waals surface area (Å²) in [6.07, 6.45) is 6.74. The Morgan fingerprint density at radius 1 is 1.16 bits per heavy atom. The largest absolute Gasteiger partial charge is 0.339 e. The van der Waals surface area contributed by atoms with Crippen LogP contribution in [0.2, 0.25) is 0 Å². The number of nitrogens with zero attached hydrogens (tertiary/aromatic N) is 1. The standard InChI is InChI=1S/C16H22BrNO/c17-11-12-18(15-9-5-2-6-10-15)16(19)13-14-7-3-1-4-8-14/h1,3-4,7-8,15H,2,5-6,9-13H2. The molecule has 1 amide bonds. The van der Waals surface area contributed by atoms with Crippen molar-refractivity contribution in [2.24, 2.45) is 0 Å². The molecule has 2 nitrogen and oxygen atoms in total. The molecule has 1 aromatic carbocycles. The van der Waals surface area contributed by atoms with Crippen molar-refractivity contribution >= 4 is 21.8 Å². The molecule has 2 rings (SSSR count). The van der Waals surface area contributed by atoms with Gasteiger partial charge in [0.15, 0.2) is 0 Å². The molecule has 0 heterocycles. The van der Waals surface area contributed by atoms with Crippen molar-refractivity contribution in [3.8, 4) is 0 Å². The van der Waals surface area contributed by atoms with Crippen LogP contribution < -0.4 is 0 Å². The molecule has 0 saturated heterocycles. The predicted molar refractivity (Wildman–Crippen MR) is 82.5 cm³/mol. The molecule has 3 heteroatoms. The normalized spacial score (nSPS) is 16.3. The number of carbonyl (C=O) groups excluding carboxylic acids is 1. The van der Waals surface area contributed by atoms with Crippen LogP contribution in [0.5, 0.6) is 0 Å². The van der Waals surface area contributed by atoms with Gasteiger partial charge in [0.05, 0.1) is 6.42 Å². The summed E-state index contributed by atoms with van der Waals surface area (Å²) in [7, 11) is 0. The monoisotopic (exact) mass is 323 g/mol. The van der Waals surface area contributed by atoms with Gasteiger partial charge in [0.25, 0.3) is 0 Å². The zero-order valence-electron chi connectivity index (χ0n) is 11.4. The van der Waals surface area contributed by atoms with Crippen molar-refractivity contribution in [2.45, 2.75) is 44.6 Å². The Morgan fingerprint density at radius 3 is 2.47 bits per heavy atom. The number of halogens is 1. The number of amides is 1. The van der Waals surface area contributed by atoms with Gasteiger partial charge in [-0.1, -0.05) is 65.5 Å². The first-order chi connectivity index (χ1) is 9.31. The Bertz CT molecular complexity index is 387. The first-order valence-corrected chi connectivity index (χ1v) is 8.33. The number of benzene rings is 1. The van der Waals surface area contributed by atoms with Crippen LogP contribution >= 0.6 is 15.9 Å². The van der Waals surface area contributed by atoms with E-state index >= 15 is 0 Å². The average Bonchev–Trinajstić information content (AvgIpc) is 2.46. The second kappa shape index (κ2) is 7.68. The van der Waals surface area contributed by atoms with Crippen LogP contribution in [0.25, 0.3) is 0 Å². The molecular formula is C16H22BrNO. The number of carbonyl (C=O) groups is 1. The smallest absolute Gasteiger partial charge is 0.227 e. The van der Waals surface area contributed by atoms with Gasteiger partial charge in [-0.05, 0) is 18.4 Å². The van der Waals surface area contributed by atoms with E-state index in [9.17, 15) is 4.79 Å². The van der Waals surface area contributed by atoms with Crippen LogP contribution in [0.15, 0.2) is 30.3 Å². The molecule has 1 aliphatic rings. The lowest BCUT2D eigenvalue weighted by Gasteiger charge is -2.34. The Kier molecular flexibility index (Phi) is 5.90. The molecule has 0 spiro atoms. The molecule has 1 aromatic rings. The molecule has 0 N–H and O–H groups in total. The van der Waals surface area contributed by atoms with Crippen molar-refractivity contribution < 1.29 is 4.79 Å². The summed E-state index contributed by atoms with van der Waals surface area (Å²) in [6, 6.07) is 10.5. The first-order valence-electron chi connectivity index (χ1n) is 7.20. The zero-order valence-corrected chi connectivity index (χ0v) is 12.9. The minimum absolute atomic E-state index is 0.276. The number of rotatable bonds is 5. The zero-order chi connectivity index (χ0) is 13.5. The quantitative estimate of drug-likeness (QED) is 0.755. The third-order valence-electron chi connectivity index (χ3n) is 3.86. The van der Waals surface area contributed by atoms with E-state index < -0.39 is 0 Å². The van der Waals surface area contributed by atoms with E-state index in [1.54, 1.807) is 0 Å². The van der Waals surface area contributed by atoms with Crippen molar-refractivity contribution in [2.75, 3.05) is 11.9 Å².